The second-order valence-electron chi connectivity index (χ2n) is 6.21. The van der Waals surface area contributed by atoms with Gasteiger partial charge in [0.15, 0.2) is 0 Å². The minimum Gasteiger partial charge on any atom is -0.343 e. The number of benzene rings is 1. The molecule has 1 aliphatic rings. The monoisotopic (exact) mass is 299 g/mol. The van der Waals surface area contributed by atoms with Gasteiger partial charge in [0.05, 0.1) is 0 Å². The summed E-state index contributed by atoms with van der Waals surface area (Å²) in [7, 11) is 0. The molecule has 0 N–H and O–H groups in total. The van der Waals surface area contributed by atoms with E-state index in [0.29, 0.717) is 5.91 Å². The molecule has 2 rings (SSSR count). The van der Waals surface area contributed by atoms with Crippen molar-refractivity contribution in [2.75, 3.05) is 13.1 Å². The maximum atomic E-state index is 12.0. The van der Waals surface area contributed by atoms with E-state index >= 15 is 0 Å². The Bertz CT molecular complexity index is 446. The minimum atomic E-state index is 0.378. The second kappa shape index (κ2) is 10.2. The molecular weight excluding hydrogens is 270 g/mol. The first-order valence-electron chi connectivity index (χ1n) is 8.85. The van der Waals surface area contributed by atoms with E-state index in [4.69, 9.17) is 0 Å². The molecule has 22 heavy (non-hydrogen) atoms. The first kappa shape index (κ1) is 16.8. The minimum absolute atomic E-state index is 0.378. The lowest BCUT2D eigenvalue weighted by molar-refractivity contribution is -0.132. The van der Waals surface area contributed by atoms with Crippen molar-refractivity contribution in [1.82, 2.24) is 4.90 Å². The Balaban J connectivity index is 1.47. The Morgan fingerprint density at radius 3 is 2.45 bits per heavy atom. The molecule has 0 aromatic heterocycles. The molecule has 1 aromatic carbocycles. The predicted octanol–water partition coefficient (Wildman–Crippen LogP) is 5.05. The van der Waals surface area contributed by atoms with Crippen molar-refractivity contribution in [2.45, 2.75) is 57.8 Å². The molecule has 1 aromatic rings. The zero-order chi connectivity index (χ0) is 15.5. The number of nitrogens with zero attached hydrogens (tertiary/aromatic N) is 1. The van der Waals surface area contributed by atoms with Crippen LogP contribution >= 0.6 is 0 Å². The first-order valence-corrected chi connectivity index (χ1v) is 8.85. The van der Waals surface area contributed by atoms with Crippen LogP contribution in [0.25, 0.3) is 6.08 Å². The van der Waals surface area contributed by atoms with Crippen LogP contribution < -0.4 is 0 Å². The molecule has 0 atom stereocenters. The van der Waals surface area contributed by atoms with Gasteiger partial charge in [-0.1, -0.05) is 55.3 Å². The molecule has 120 valence electrons. The summed E-state index contributed by atoms with van der Waals surface area (Å²) >= 11 is 0. The van der Waals surface area contributed by atoms with Gasteiger partial charge in [0.2, 0.25) is 5.91 Å². The molecule has 0 saturated carbocycles. The van der Waals surface area contributed by atoms with Crippen molar-refractivity contribution < 1.29 is 4.79 Å². The molecule has 0 unspecified atom stereocenters. The van der Waals surface area contributed by atoms with Crippen LogP contribution in [-0.4, -0.2) is 23.9 Å². The summed E-state index contributed by atoms with van der Waals surface area (Å²) in [5.74, 6) is 0.378. The number of amides is 1. The third-order valence-corrected chi connectivity index (χ3v) is 4.33. The third kappa shape index (κ3) is 6.46. The summed E-state index contributed by atoms with van der Waals surface area (Å²) in [4.78, 5) is 14.1. The summed E-state index contributed by atoms with van der Waals surface area (Å²) in [6.07, 6.45) is 14.7. The zero-order valence-corrected chi connectivity index (χ0v) is 13.7. The van der Waals surface area contributed by atoms with Crippen LogP contribution in [0.2, 0.25) is 0 Å². The van der Waals surface area contributed by atoms with Crippen molar-refractivity contribution >= 4 is 12.0 Å². The van der Waals surface area contributed by atoms with Gasteiger partial charge < -0.3 is 4.90 Å². The second-order valence-corrected chi connectivity index (χ2v) is 6.21. The number of piperidine rings is 1. The Labute approximate surface area is 135 Å². The summed E-state index contributed by atoms with van der Waals surface area (Å²) in [5.41, 5.74) is 1.27. The van der Waals surface area contributed by atoms with E-state index in [1.54, 1.807) is 0 Å². The highest BCUT2D eigenvalue weighted by Crippen LogP contribution is 2.13. The van der Waals surface area contributed by atoms with Crippen LogP contribution in [0.4, 0.5) is 0 Å². The van der Waals surface area contributed by atoms with Crippen LogP contribution in [0.15, 0.2) is 36.4 Å². The smallest absolute Gasteiger partial charge is 0.222 e. The Kier molecular flexibility index (Phi) is 7.79. The van der Waals surface area contributed by atoms with E-state index < -0.39 is 0 Å². The molecule has 2 heteroatoms. The Morgan fingerprint density at radius 1 is 0.955 bits per heavy atom. The predicted molar refractivity (Wildman–Crippen MR) is 93.6 cm³/mol. The number of hydrogen-bond acceptors (Lipinski definition) is 1. The lowest BCUT2D eigenvalue weighted by Gasteiger charge is -2.26. The average molecular weight is 299 g/mol. The van der Waals surface area contributed by atoms with Crippen molar-refractivity contribution in [3.8, 4) is 0 Å². The number of allylic oxidation sites excluding steroid dienone is 1. The van der Waals surface area contributed by atoms with Gasteiger partial charge >= 0.3 is 0 Å². The summed E-state index contributed by atoms with van der Waals surface area (Å²) in [5, 5.41) is 0. The first-order chi connectivity index (χ1) is 10.9. The summed E-state index contributed by atoms with van der Waals surface area (Å²) < 4.78 is 0. The van der Waals surface area contributed by atoms with E-state index in [9.17, 15) is 4.79 Å². The standard InChI is InChI=1S/C20H29NO/c22-20(21-17-11-6-12-18-21)16-10-4-2-1-3-7-13-19-14-8-5-9-15-19/h5,7-9,13-15H,1-4,6,10-12,16-18H2/b13-7+. The van der Waals surface area contributed by atoms with Crippen molar-refractivity contribution in [3.05, 3.63) is 42.0 Å². The van der Waals surface area contributed by atoms with Gasteiger partial charge in [-0.2, -0.15) is 0 Å². The number of likely N-dealkylation sites (tertiary alicyclic amines) is 1. The number of unbranched alkanes of at least 4 members (excludes halogenated alkanes) is 4. The van der Waals surface area contributed by atoms with Crippen LogP contribution in [0, 0.1) is 0 Å². The SMILES string of the molecule is O=C(CCCCCC/C=C/c1ccccc1)N1CCCCC1. The molecule has 0 aliphatic carbocycles. The molecule has 2 nitrogen and oxygen atoms in total. The van der Waals surface area contributed by atoms with Gasteiger partial charge in [0, 0.05) is 19.5 Å². The quantitative estimate of drug-likeness (QED) is 0.615. The number of carbonyl (C=O) groups is 1. The third-order valence-electron chi connectivity index (χ3n) is 4.33. The largest absolute Gasteiger partial charge is 0.343 e. The maximum absolute atomic E-state index is 12.0. The highest BCUT2D eigenvalue weighted by atomic mass is 16.2. The van der Waals surface area contributed by atoms with E-state index in [1.807, 2.05) is 6.07 Å². The van der Waals surface area contributed by atoms with Crippen LogP contribution in [0.3, 0.4) is 0 Å². The highest BCUT2D eigenvalue weighted by Gasteiger charge is 2.15. The topological polar surface area (TPSA) is 20.3 Å². The van der Waals surface area contributed by atoms with E-state index in [-0.39, 0.29) is 0 Å². The lowest BCUT2D eigenvalue weighted by Crippen LogP contribution is -2.35. The van der Waals surface area contributed by atoms with E-state index in [1.165, 1.54) is 44.1 Å². The van der Waals surface area contributed by atoms with Crippen molar-refractivity contribution in [2.24, 2.45) is 0 Å². The molecular formula is C20H29NO. The Hall–Kier alpha value is -1.57. The fraction of sp³-hybridized carbons (Fsp3) is 0.550. The fourth-order valence-corrected chi connectivity index (χ4v) is 2.98. The van der Waals surface area contributed by atoms with Gasteiger partial charge in [-0.3, -0.25) is 4.79 Å². The van der Waals surface area contributed by atoms with Gasteiger partial charge in [-0.15, -0.1) is 0 Å². The molecule has 1 aliphatic heterocycles. The summed E-state index contributed by atoms with van der Waals surface area (Å²) in [6.45, 7) is 1.98. The molecule has 1 amide bonds. The summed E-state index contributed by atoms with van der Waals surface area (Å²) in [6, 6.07) is 10.4. The highest BCUT2D eigenvalue weighted by molar-refractivity contribution is 5.76. The molecule has 0 bridgehead atoms. The molecule has 1 heterocycles. The van der Waals surface area contributed by atoms with E-state index in [0.717, 1.165) is 32.4 Å². The van der Waals surface area contributed by atoms with Crippen LogP contribution in [-0.2, 0) is 4.79 Å². The normalized spacial score (nSPS) is 15.4. The van der Waals surface area contributed by atoms with Gasteiger partial charge in [-0.05, 0) is 44.1 Å². The van der Waals surface area contributed by atoms with Gasteiger partial charge in [0.1, 0.15) is 0 Å². The fourth-order valence-electron chi connectivity index (χ4n) is 2.98. The van der Waals surface area contributed by atoms with Gasteiger partial charge in [-0.25, -0.2) is 0 Å². The lowest BCUT2D eigenvalue weighted by atomic mass is 10.1. The number of hydrogen-bond donors (Lipinski definition) is 0. The number of carbonyl (C=O) groups excluding carboxylic acids is 1. The number of rotatable bonds is 8. The average Bonchev–Trinajstić information content (AvgIpc) is 2.59. The van der Waals surface area contributed by atoms with Crippen LogP contribution in [0.5, 0.6) is 0 Å². The molecule has 0 spiro atoms. The van der Waals surface area contributed by atoms with Crippen LogP contribution in [0.1, 0.15) is 63.4 Å². The molecule has 1 saturated heterocycles. The molecule has 0 radical (unpaired) electrons. The van der Waals surface area contributed by atoms with Crippen molar-refractivity contribution in [3.63, 3.8) is 0 Å². The maximum Gasteiger partial charge on any atom is 0.222 e. The van der Waals surface area contributed by atoms with Crippen molar-refractivity contribution in [1.29, 1.82) is 0 Å². The Morgan fingerprint density at radius 2 is 1.68 bits per heavy atom. The molecule has 1 fully saturated rings. The zero-order valence-electron chi connectivity index (χ0n) is 13.7. The van der Waals surface area contributed by atoms with E-state index in [2.05, 4.69) is 41.3 Å². The van der Waals surface area contributed by atoms with Gasteiger partial charge in [0.25, 0.3) is 0 Å².